The van der Waals surface area contributed by atoms with Gasteiger partial charge in [0, 0.05) is 25.5 Å². The lowest BCUT2D eigenvalue weighted by atomic mass is 10.1. The van der Waals surface area contributed by atoms with E-state index in [1.54, 1.807) is 0 Å². The first kappa shape index (κ1) is 13.2. The number of anilines is 2. The highest BCUT2D eigenvalue weighted by molar-refractivity contribution is 5.65. The van der Waals surface area contributed by atoms with Gasteiger partial charge in [-0.1, -0.05) is 19.8 Å². The average molecular weight is 273 g/mol. The number of imidazole rings is 1. The average Bonchev–Trinajstić information content (AvgIpc) is 3.13. The van der Waals surface area contributed by atoms with Crippen molar-refractivity contribution in [1.82, 2.24) is 14.4 Å². The molecule has 3 rings (SSSR count). The van der Waals surface area contributed by atoms with Crippen molar-refractivity contribution >= 4 is 17.3 Å². The smallest absolute Gasteiger partial charge is 0.180 e. The van der Waals surface area contributed by atoms with Crippen LogP contribution in [0.1, 0.15) is 39.0 Å². The Bertz CT molecular complexity index is 556. The second-order valence-corrected chi connectivity index (χ2v) is 5.59. The third-order valence-corrected chi connectivity index (χ3v) is 3.96. The molecule has 2 aromatic rings. The van der Waals surface area contributed by atoms with E-state index in [9.17, 15) is 0 Å². The third-order valence-electron chi connectivity index (χ3n) is 3.96. The first-order valence-corrected chi connectivity index (χ1v) is 7.68. The first-order chi connectivity index (χ1) is 9.86. The zero-order valence-corrected chi connectivity index (χ0v) is 12.1. The molecule has 0 aliphatic heterocycles. The molecule has 1 saturated carbocycles. The molecule has 2 N–H and O–H groups in total. The van der Waals surface area contributed by atoms with Crippen LogP contribution in [0.4, 0.5) is 11.6 Å². The quantitative estimate of drug-likeness (QED) is 0.849. The number of aromatic nitrogens is 3. The molecule has 0 spiro atoms. The predicted molar refractivity (Wildman–Crippen MR) is 82.2 cm³/mol. The molecule has 0 aromatic carbocycles. The zero-order chi connectivity index (χ0) is 13.8. The van der Waals surface area contributed by atoms with Gasteiger partial charge in [-0.3, -0.25) is 0 Å². The molecular weight excluding hydrogens is 250 g/mol. The highest BCUT2D eigenvalue weighted by Gasteiger charge is 2.16. The van der Waals surface area contributed by atoms with Crippen LogP contribution in [0.2, 0.25) is 0 Å². The van der Waals surface area contributed by atoms with Crippen LogP contribution in [0, 0.1) is 5.92 Å². The number of hydrogen-bond donors (Lipinski definition) is 2. The van der Waals surface area contributed by atoms with E-state index in [0.29, 0.717) is 0 Å². The van der Waals surface area contributed by atoms with Crippen molar-refractivity contribution in [2.45, 2.75) is 39.0 Å². The maximum absolute atomic E-state index is 4.67. The molecule has 0 saturated heterocycles. The Balaban J connectivity index is 1.77. The normalized spacial score (nSPS) is 15.8. The van der Waals surface area contributed by atoms with Crippen LogP contribution in [-0.2, 0) is 0 Å². The van der Waals surface area contributed by atoms with Gasteiger partial charge in [0.15, 0.2) is 11.5 Å². The van der Waals surface area contributed by atoms with Gasteiger partial charge in [0.25, 0.3) is 0 Å². The van der Waals surface area contributed by atoms with Crippen molar-refractivity contribution in [1.29, 1.82) is 0 Å². The second-order valence-electron chi connectivity index (χ2n) is 5.59. The number of nitrogens with zero attached hydrogens (tertiary/aromatic N) is 3. The second kappa shape index (κ2) is 6.11. The first-order valence-electron chi connectivity index (χ1n) is 7.68. The molecule has 5 nitrogen and oxygen atoms in total. The molecule has 0 amide bonds. The number of hydrogen-bond acceptors (Lipinski definition) is 4. The van der Waals surface area contributed by atoms with E-state index in [1.165, 1.54) is 25.7 Å². The molecule has 1 fully saturated rings. The number of rotatable bonds is 6. The highest BCUT2D eigenvalue weighted by atomic mass is 15.1. The summed E-state index contributed by atoms with van der Waals surface area (Å²) >= 11 is 0. The van der Waals surface area contributed by atoms with Crippen LogP contribution in [-0.4, -0.2) is 27.5 Å². The molecule has 2 heterocycles. The summed E-state index contributed by atoms with van der Waals surface area (Å²) in [6, 6.07) is 0. The van der Waals surface area contributed by atoms with Gasteiger partial charge < -0.3 is 15.0 Å². The maximum Gasteiger partial charge on any atom is 0.180 e. The van der Waals surface area contributed by atoms with Crippen LogP contribution in [0.15, 0.2) is 18.6 Å². The summed E-state index contributed by atoms with van der Waals surface area (Å²) in [5.41, 5.74) is 0.907. The largest absolute Gasteiger partial charge is 0.369 e. The zero-order valence-electron chi connectivity index (χ0n) is 12.1. The van der Waals surface area contributed by atoms with Crippen LogP contribution >= 0.6 is 0 Å². The van der Waals surface area contributed by atoms with Crippen LogP contribution in [0.5, 0.6) is 0 Å². The van der Waals surface area contributed by atoms with E-state index in [4.69, 9.17) is 0 Å². The maximum atomic E-state index is 4.67. The van der Waals surface area contributed by atoms with Crippen molar-refractivity contribution in [2.75, 3.05) is 23.7 Å². The van der Waals surface area contributed by atoms with E-state index >= 15 is 0 Å². The Labute approximate surface area is 119 Å². The minimum atomic E-state index is 0.791. The predicted octanol–water partition coefficient (Wildman–Crippen LogP) is 3.15. The lowest BCUT2D eigenvalue weighted by Crippen LogP contribution is -2.14. The lowest BCUT2D eigenvalue weighted by Gasteiger charge is -2.13. The van der Waals surface area contributed by atoms with E-state index in [1.807, 2.05) is 23.0 Å². The summed E-state index contributed by atoms with van der Waals surface area (Å²) in [6.07, 6.45) is 12.3. The summed E-state index contributed by atoms with van der Waals surface area (Å²) in [5.74, 6) is 2.59. The van der Waals surface area contributed by atoms with Gasteiger partial charge >= 0.3 is 0 Å². The SMILES string of the molecule is CCCNc1cn2ccnc2c(NCC2CCCC2)n1. The van der Waals surface area contributed by atoms with E-state index in [0.717, 1.165) is 42.7 Å². The Morgan fingerprint density at radius 3 is 2.95 bits per heavy atom. The molecule has 20 heavy (non-hydrogen) atoms. The number of nitrogens with one attached hydrogen (secondary N) is 2. The van der Waals surface area contributed by atoms with E-state index < -0.39 is 0 Å². The molecule has 108 valence electrons. The van der Waals surface area contributed by atoms with Crippen molar-refractivity contribution in [3.05, 3.63) is 18.6 Å². The van der Waals surface area contributed by atoms with Gasteiger partial charge in [-0.05, 0) is 25.2 Å². The Kier molecular flexibility index (Phi) is 4.04. The molecular formula is C15H23N5. The van der Waals surface area contributed by atoms with Crippen molar-refractivity contribution in [3.63, 3.8) is 0 Å². The summed E-state index contributed by atoms with van der Waals surface area (Å²) in [4.78, 5) is 9.06. The topological polar surface area (TPSA) is 54.2 Å². The molecule has 2 aromatic heterocycles. The van der Waals surface area contributed by atoms with Gasteiger partial charge in [-0.2, -0.15) is 0 Å². The van der Waals surface area contributed by atoms with Gasteiger partial charge in [0.05, 0.1) is 6.20 Å². The Hall–Kier alpha value is -1.78. The van der Waals surface area contributed by atoms with Crippen LogP contribution in [0.3, 0.4) is 0 Å². The highest BCUT2D eigenvalue weighted by Crippen LogP contribution is 2.25. The summed E-state index contributed by atoms with van der Waals surface area (Å²) in [7, 11) is 0. The summed E-state index contributed by atoms with van der Waals surface area (Å²) < 4.78 is 2.03. The fraction of sp³-hybridized carbons (Fsp3) is 0.600. The minimum absolute atomic E-state index is 0.791. The molecule has 5 heteroatoms. The van der Waals surface area contributed by atoms with Crippen molar-refractivity contribution in [3.8, 4) is 0 Å². The van der Waals surface area contributed by atoms with E-state index in [2.05, 4.69) is 27.5 Å². The molecule has 1 aliphatic carbocycles. The van der Waals surface area contributed by atoms with Gasteiger partial charge in [-0.25, -0.2) is 9.97 Å². The molecule has 0 unspecified atom stereocenters. The molecule has 0 radical (unpaired) electrons. The molecule has 0 bridgehead atoms. The van der Waals surface area contributed by atoms with Crippen LogP contribution < -0.4 is 10.6 Å². The monoisotopic (exact) mass is 273 g/mol. The molecule has 1 aliphatic rings. The van der Waals surface area contributed by atoms with Gasteiger partial charge in [-0.15, -0.1) is 0 Å². The molecule has 0 atom stereocenters. The minimum Gasteiger partial charge on any atom is -0.369 e. The lowest BCUT2D eigenvalue weighted by molar-refractivity contribution is 0.579. The Morgan fingerprint density at radius 2 is 2.15 bits per heavy atom. The Morgan fingerprint density at radius 1 is 1.30 bits per heavy atom. The van der Waals surface area contributed by atoms with Gasteiger partial charge in [0.1, 0.15) is 5.82 Å². The van der Waals surface area contributed by atoms with Gasteiger partial charge in [0.2, 0.25) is 0 Å². The summed E-state index contributed by atoms with van der Waals surface area (Å²) in [5, 5.41) is 6.84. The third kappa shape index (κ3) is 2.86. The van der Waals surface area contributed by atoms with Crippen LogP contribution in [0.25, 0.3) is 5.65 Å². The standard InChI is InChI=1S/C15H23N5/c1-2-7-16-13-11-20-9-8-17-15(20)14(19-13)18-10-12-5-3-4-6-12/h8-9,11-12,16H,2-7,10H2,1H3,(H,18,19). The summed E-state index contributed by atoms with van der Waals surface area (Å²) in [6.45, 7) is 4.10. The van der Waals surface area contributed by atoms with E-state index in [-0.39, 0.29) is 0 Å². The fourth-order valence-corrected chi connectivity index (χ4v) is 2.84. The van der Waals surface area contributed by atoms with Crippen molar-refractivity contribution < 1.29 is 0 Å². The number of fused-ring (bicyclic) bond motifs is 1. The fourth-order valence-electron chi connectivity index (χ4n) is 2.84. The van der Waals surface area contributed by atoms with Crippen molar-refractivity contribution in [2.24, 2.45) is 5.92 Å².